The first-order valence-electron chi connectivity index (χ1n) is 11.6. The summed E-state index contributed by atoms with van der Waals surface area (Å²) >= 11 is 6.46. The van der Waals surface area contributed by atoms with Gasteiger partial charge in [0.1, 0.15) is 12.4 Å². The summed E-state index contributed by atoms with van der Waals surface area (Å²) in [6, 6.07) is 6.48. The monoisotopic (exact) mass is 515 g/mol. The van der Waals surface area contributed by atoms with Gasteiger partial charge in [-0.25, -0.2) is 19.3 Å². The molecule has 0 saturated carbocycles. The van der Waals surface area contributed by atoms with Gasteiger partial charge in [0.15, 0.2) is 0 Å². The van der Waals surface area contributed by atoms with E-state index in [-0.39, 0.29) is 28.4 Å². The molecule has 0 bridgehead atoms. The van der Waals surface area contributed by atoms with Crippen molar-refractivity contribution in [1.29, 1.82) is 0 Å². The van der Waals surface area contributed by atoms with Gasteiger partial charge >= 0.3 is 6.03 Å². The van der Waals surface area contributed by atoms with Crippen LogP contribution in [0.2, 0.25) is 5.02 Å². The van der Waals surface area contributed by atoms with Crippen molar-refractivity contribution in [2.75, 3.05) is 25.6 Å². The summed E-state index contributed by atoms with van der Waals surface area (Å²) in [6.07, 6.45) is 2.58. The number of methoxy groups -OCH3 is 1. The van der Waals surface area contributed by atoms with E-state index in [1.165, 1.54) is 24.4 Å². The zero-order valence-electron chi connectivity index (χ0n) is 20.2. The lowest BCUT2D eigenvalue weighted by molar-refractivity contribution is 0.144. The third-order valence-corrected chi connectivity index (χ3v) is 6.38. The Labute approximate surface area is 212 Å². The van der Waals surface area contributed by atoms with Crippen LogP contribution in [-0.2, 0) is 11.2 Å². The number of carbonyl (C=O) groups excluding carboxylic acids is 1. The maximum absolute atomic E-state index is 15.1. The maximum atomic E-state index is 15.1. The van der Waals surface area contributed by atoms with Gasteiger partial charge in [-0.1, -0.05) is 18.5 Å². The molecule has 1 aliphatic rings. The third kappa shape index (κ3) is 5.34. The summed E-state index contributed by atoms with van der Waals surface area (Å²) in [7, 11) is 1.58. The highest BCUT2D eigenvalue weighted by Crippen LogP contribution is 2.36. The van der Waals surface area contributed by atoms with Crippen molar-refractivity contribution in [2.24, 2.45) is 0 Å². The number of hydrogen-bond donors (Lipinski definition) is 2. The fraction of sp³-hybridized carbons (Fsp3) is 0.360. The lowest BCUT2D eigenvalue weighted by Crippen LogP contribution is -2.48. The van der Waals surface area contributed by atoms with Crippen molar-refractivity contribution in [3.05, 3.63) is 69.0 Å². The van der Waals surface area contributed by atoms with Crippen LogP contribution in [0, 0.1) is 5.82 Å². The number of ether oxygens (including phenoxy) is 2. The Hall–Kier alpha value is -3.50. The molecule has 190 valence electrons. The number of nitrogens with zero attached hydrogens (tertiary/aromatic N) is 3. The normalized spacial score (nSPS) is 17.0. The average Bonchev–Trinajstić information content (AvgIpc) is 2.85. The molecule has 2 N–H and O–H groups in total. The number of fused-ring (bicyclic) bond motifs is 1. The molecule has 2 aromatic heterocycles. The van der Waals surface area contributed by atoms with Crippen LogP contribution in [0.15, 0.2) is 41.3 Å². The minimum atomic E-state index is -0.635. The van der Waals surface area contributed by atoms with Crippen LogP contribution < -0.4 is 15.6 Å². The van der Waals surface area contributed by atoms with Crippen LogP contribution in [-0.4, -0.2) is 52.5 Å². The van der Waals surface area contributed by atoms with Crippen LogP contribution >= 0.6 is 11.6 Å². The quantitative estimate of drug-likeness (QED) is 0.446. The molecule has 0 aliphatic carbocycles. The van der Waals surface area contributed by atoms with Gasteiger partial charge in [0.2, 0.25) is 5.88 Å². The molecule has 2 unspecified atom stereocenters. The lowest BCUT2D eigenvalue weighted by Gasteiger charge is -2.40. The fourth-order valence-electron chi connectivity index (χ4n) is 4.39. The van der Waals surface area contributed by atoms with Gasteiger partial charge in [0.05, 0.1) is 29.1 Å². The Kier molecular flexibility index (Phi) is 7.85. The van der Waals surface area contributed by atoms with Crippen LogP contribution in [0.4, 0.5) is 14.9 Å². The van der Waals surface area contributed by atoms with Gasteiger partial charge < -0.3 is 19.7 Å². The number of hydrogen-bond acceptors (Lipinski definition) is 6. The Morgan fingerprint density at radius 1 is 1.31 bits per heavy atom. The van der Waals surface area contributed by atoms with Gasteiger partial charge in [0.25, 0.3) is 5.56 Å². The molecule has 4 rings (SSSR count). The molecule has 3 heterocycles. The van der Waals surface area contributed by atoms with E-state index in [2.05, 4.69) is 20.5 Å². The van der Waals surface area contributed by atoms with E-state index in [4.69, 9.17) is 21.1 Å². The Morgan fingerprint density at radius 3 is 2.81 bits per heavy atom. The van der Waals surface area contributed by atoms with Crippen molar-refractivity contribution in [1.82, 2.24) is 20.1 Å². The summed E-state index contributed by atoms with van der Waals surface area (Å²) in [5, 5.41) is 9.52. The molecule has 2 amide bonds. The fourth-order valence-corrected chi connectivity index (χ4v) is 4.66. The second kappa shape index (κ2) is 11.0. The van der Waals surface area contributed by atoms with Crippen molar-refractivity contribution in [2.45, 2.75) is 38.8 Å². The number of nitrogens with one attached hydrogen (secondary N) is 2. The van der Waals surface area contributed by atoms with Gasteiger partial charge in [-0.2, -0.15) is 5.10 Å². The van der Waals surface area contributed by atoms with E-state index >= 15 is 4.39 Å². The van der Waals surface area contributed by atoms with Crippen molar-refractivity contribution in [3.8, 4) is 17.0 Å². The molecule has 1 aliphatic heterocycles. The van der Waals surface area contributed by atoms with E-state index in [9.17, 15) is 9.59 Å². The number of halogens is 2. The molecular formula is C25H27ClFN5O4. The number of rotatable bonds is 7. The van der Waals surface area contributed by atoms with Gasteiger partial charge in [-0.3, -0.25) is 4.79 Å². The summed E-state index contributed by atoms with van der Waals surface area (Å²) in [5.74, 6) is -0.221. The van der Waals surface area contributed by atoms with Gasteiger partial charge in [0, 0.05) is 42.6 Å². The number of H-pyrrole nitrogens is 1. The SMILES string of the molecule is CCC1c2n[nH]c(=O)cc2CC(C)N1C(=O)Nc1cc(Cl)c(-c2ccc(OCCOC)nc2)cc1F. The number of aromatic amines is 1. The highest BCUT2D eigenvalue weighted by atomic mass is 35.5. The minimum Gasteiger partial charge on any atom is -0.475 e. The molecule has 36 heavy (non-hydrogen) atoms. The van der Waals surface area contributed by atoms with Crippen molar-refractivity contribution < 1.29 is 18.7 Å². The second-order valence-electron chi connectivity index (χ2n) is 8.50. The summed E-state index contributed by atoms with van der Waals surface area (Å²) in [5.41, 5.74) is 2.16. The van der Waals surface area contributed by atoms with Crippen LogP contribution in [0.1, 0.15) is 37.6 Å². The zero-order valence-corrected chi connectivity index (χ0v) is 20.9. The number of carbonyl (C=O) groups is 1. The average molecular weight is 516 g/mol. The molecule has 2 atom stereocenters. The predicted octanol–water partition coefficient (Wildman–Crippen LogP) is 4.58. The van der Waals surface area contributed by atoms with Crippen LogP contribution in [0.25, 0.3) is 11.1 Å². The van der Waals surface area contributed by atoms with Gasteiger partial charge in [-0.15, -0.1) is 0 Å². The van der Waals surface area contributed by atoms with Crippen molar-refractivity contribution >= 4 is 23.3 Å². The number of pyridine rings is 1. The molecule has 0 saturated heterocycles. The number of anilines is 1. The van der Waals surface area contributed by atoms with Crippen LogP contribution in [0.5, 0.6) is 5.88 Å². The molecule has 9 nitrogen and oxygen atoms in total. The Morgan fingerprint density at radius 2 is 2.11 bits per heavy atom. The first kappa shape index (κ1) is 25.6. The Balaban J connectivity index is 1.53. The lowest BCUT2D eigenvalue weighted by atomic mass is 9.92. The van der Waals surface area contributed by atoms with E-state index < -0.39 is 11.8 Å². The maximum Gasteiger partial charge on any atom is 0.322 e. The third-order valence-electron chi connectivity index (χ3n) is 6.07. The van der Waals surface area contributed by atoms with E-state index in [1.54, 1.807) is 24.1 Å². The smallest absolute Gasteiger partial charge is 0.322 e. The standard InChI is InChI=1S/C25H27ClFN5O4/c1-4-21-24-16(10-22(33)30-31-24)9-14(2)32(21)25(34)29-20-12-18(26)17(11-19(20)27)15-5-6-23(28-13-15)36-8-7-35-3/h5-6,10-14,21H,4,7-9H2,1-3H3,(H,29,34)(H,30,33). The summed E-state index contributed by atoms with van der Waals surface area (Å²) < 4.78 is 25.5. The van der Waals surface area contributed by atoms with E-state index in [1.807, 2.05) is 13.8 Å². The molecule has 3 aromatic rings. The number of benzene rings is 1. The Bertz CT molecular complexity index is 1300. The number of urea groups is 1. The number of amides is 2. The molecule has 0 radical (unpaired) electrons. The molecule has 0 fully saturated rings. The predicted molar refractivity (Wildman–Crippen MR) is 134 cm³/mol. The molecule has 11 heteroatoms. The molecular weight excluding hydrogens is 489 g/mol. The van der Waals surface area contributed by atoms with Crippen molar-refractivity contribution in [3.63, 3.8) is 0 Å². The molecule has 0 spiro atoms. The summed E-state index contributed by atoms with van der Waals surface area (Å²) in [6.45, 7) is 4.61. The first-order chi connectivity index (χ1) is 17.3. The minimum absolute atomic E-state index is 0.0384. The van der Waals surface area contributed by atoms with E-state index in [0.717, 1.165) is 5.56 Å². The summed E-state index contributed by atoms with van der Waals surface area (Å²) in [4.78, 5) is 30.8. The highest BCUT2D eigenvalue weighted by molar-refractivity contribution is 6.33. The topological polar surface area (TPSA) is 109 Å². The van der Waals surface area contributed by atoms with Gasteiger partial charge in [-0.05, 0) is 43.5 Å². The zero-order chi connectivity index (χ0) is 25.8. The van der Waals surface area contributed by atoms with Crippen LogP contribution in [0.3, 0.4) is 0 Å². The molecule has 1 aromatic carbocycles. The van der Waals surface area contributed by atoms with E-state index in [0.29, 0.717) is 48.8 Å². The first-order valence-corrected chi connectivity index (χ1v) is 11.9. The highest BCUT2D eigenvalue weighted by Gasteiger charge is 2.36. The number of aromatic nitrogens is 3. The largest absolute Gasteiger partial charge is 0.475 e. The second-order valence-corrected chi connectivity index (χ2v) is 8.90.